The van der Waals surface area contributed by atoms with Gasteiger partial charge in [0.25, 0.3) is 0 Å². The number of benzene rings is 3. The van der Waals surface area contributed by atoms with Crippen molar-refractivity contribution in [3.05, 3.63) is 86.1 Å². The average molecular weight is 426 g/mol. The second kappa shape index (κ2) is 7.05. The molecule has 0 spiro atoms. The zero-order chi connectivity index (χ0) is 21.8. The van der Waals surface area contributed by atoms with E-state index in [9.17, 15) is 0 Å². The van der Waals surface area contributed by atoms with Gasteiger partial charge in [-0.3, -0.25) is 0 Å². The molecule has 0 saturated carbocycles. The van der Waals surface area contributed by atoms with Gasteiger partial charge >= 0.3 is 0 Å². The summed E-state index contributed by atoms with van der Waals surface area (Å²) in [6.07, 6.45) is 0. The maximum Gasteiger partial charge on any atom is 0.169 e. The van der Waals surface area contributed by atoms with Crippen molar-refractivity contribution in [1.29, 1.82) is 0 Å². The van der Waals surface area contributed by atoms with Crippen molar-refractivity contribution in [1.82, 2.24) is 0 Å². The van der Waals surface area contributed by atoms with E-state index in [-0.39, 0.29) is 0 Å². The zero-order valence-electron chi connectivity index (χ0n) is 17.9. The van der Waals surface area contributed by atoms with Crippen molar-refractivity contribution in [2.24, 2.45) is 5.11 Å². The highest BCUT2D eigenvalue weighted by atomic mass is 28.3. The Labute approximate surface area is 181 Å². The third-order valence-corrected chi connectivity index (χ3v) is 9.72. The normalized spacial score (nSPS) is 15.5. The monoisotopic (exact) mass is 425 g/mol. The Morgan fingerprint density at radius 1 is 0.968 bits per heavy atom. The Morgan fingerprint density at radius 2 is 1.77 bits per heavy atom. The second-order valence-electron chi connectivity index (χ2n) is 8.64. The Morgan fingerprint density at radius 3 is 2.58 bits per heavy atom. The molecule has 2 heterocycles. The molecule has 2 aliphatic rings. The van der Waals surface area contributed by atoms with Gasteiger partial charge in [0.05, 0.1) is 0 Å². The van der Waals surface area contributed by atoms with Crippen LogP contribution >= 0.6 is 0 Å². The summed E-state index contributed by atoms with van der Waals surface area (Å²) in [6, 6.07) is 16.8. The van der Waals surface area contributed by atoms with Crippen LogP contribution in [0.2, 0.25) is 13.1 Å². The predicted octanol–water partition coefficient (Wildman–Crippen LogP) is 3.50. The molecule has 0 atom stereocenters. The molecule has 0 radical (unpaired) electrons. The van der Waals surface area contributed by atoms with Gasteiger partial charge in [-0.05, 0) is 56.5 Å². The summed E-state index contributed by atoms with van der Waals surface area (Å²) in [4.78, 5) is 2.99. The molecule has 0 N–H and O–H groups in total. The summed E-state index contributed by atoms with van der Waals surface area (Å²) >= 11 is 0. The number of fused-ring (bicyclic) bond motifs is 3. The summed E-state index contributed by atoms with van der Waals surface area (Å²) in [5, 5.41) is 8.82. The van der Waals surface area contributed by atoms with Gasteiger partial charge in [-0.2, -0.15) is 0 Å². The highest BCUT2D eigenvalue weighted by Gasteiger charge is 2.36. The molecule has 5 rings (SSSR count). The minimum atomic E-state index is -1.95. The van der Waals surface area contributed by atoms with Crippen LogP contribution in [0.1, 0.15) is 16.7 Å². The van der Waals surface area contributed by atoms with Crippen molar-refractivity contribution in [2.75, 3.05) is 13.2 Å². The fraction of sp³-hybridized carbons (Fsp3) is 0.200. The molecule has 0 aliphatic carbocycles. The molecule has 31 heavy (non-hydrogen) atoms. The third-order valence-electron chi connectivity index (χ3n) is 6.20. The number of nitrogens with zero attached hydrogens (tertiary/aromatic N) is 3. The lowest BCUT2D eigenvalue weighted by Gasteiger charge is -2.34. The number of aryl methyl sites for hydroxylation is 1. The Bertz CT molecular complexity index is 1400. The maximum atomic E-state index is 9.05. The molecule has 3 aromatic carbocycles. The molecule has 5 nitrogen and oxygen atoms in total. The van der Waals surface area contributed by atoms with Crippen LogP contribution < -0.4 is 30.3 Å². The van der Waals surface area contributed by atoms with E-state index in [1.807, 2.05) is 6.07 Å². The van der Waals surface area contributed by atoms with Gasteiger partial charge < -0.3 is 9.47 Å². The summed E-state index contributed by atoms with van der Waals surface area (Å²) in [6.45, 7) is 12.1. The number of azide groups is 1. The van der Waals surface area contributed by atoms with Crippen LogP contribution in [0.4, 0.5) is 5.69 Å². The lowest BCUT2D eigenvalue weighted by Crippen LogP contribution is -2.63. The van der Waals surface area contributed by atoms with E-state index < -0.39 is 8.07 Å². The van der Waals surface area contributed by atoms with Gasteiger partial charge in [0.1, 0.15) is 21.3 Å². The fourth-order valence-electron chi connectivity index (χ4n) is 4.73. The number of rotatable bonds is 2. The van der Waals surface area contributed by atoms with Crippen LogP contribution in [-0.4, -0.2) is 21.3 Å². The molecule has 0 saturated heterocycles. The Hall–Kier alpha value is -3.47. The first kappa shape index (κ1) is 19.5. The molecule has 3 aromatic rings. The van der Waals surface area contributed by atoms with E-state index >= 15 is 0 Å². The highest BCUT2D eigenvalue weighted by molar-refractivity contribution is 7.01. The predicted molar refractivity (Wildman–Crippen MR) is 127 cm³/mol. The van der Waals surface area contributed by atoms with Crippen molar-refractivity contribution in [3.63, 3.8) is 0 Å². The van der Waals surface area contributed by atoms with E-state index in [1.165, 1.54) is 26.7 Å². The quantitative estimate of drug-likeness (QED) is 0.273. The minimum absolute atomic E-state index is 0.471. The summed E-state index contributed by atoms with van der Waals surface area (Å²) in [5.41, 5.74) is 14.0. The van der Waals surface area contributed by atoms with Crippen LogP contribution in [0.5, 0.6) is 11.5 Å². The average Bonchev–Trinajstić information content (AvgIpc) is 2.75. The Kier molecular flexibility index (Phi) is 4.43. The van der Waals surface area contributed by atoms with Gasteiger partial charge in [-0.1, -0.05) is 66.7 Å². The summed E-state index contributed by atoms with van der Waals surface area (Å²) < 4.78 is 12.0. The van der Waals surface area contributed by atoms with Crippen LogP contribution in [0.3, 0.4) is 0 Å². The van der Waals surface area contributed by atoms with Gasteiger partial charge in [0, 0.05) is 16.2 Å². The van der Waals surface area contributed by atoms with E-state index in [0.29, 0.717) is 30.4 Å². The zero-order valence-corrected chi connectivity index (χ0v) is 18.9. The van der Waals surface area contributed by atoms with E-state index in [4.69, 9.17) is 15.0 Å². The minimum Gasteiger partial charge on any atom is -0.486 e. The topological polar surface area (TPSA) is 67.2 Å². The maximum absolute atomic E-state index is 9.05. The van der Waals surface area contributed by atoms with Gasteiger partial charge in [0.15, 0.2) is 11.5 Å². The van der Waals surface area contributed by atoms with Crippen molar-refractivity contribution in [3.8, 4) is 11.5 Å². The Balaban J connectivity index is 1.97. The lowest BCUT2D eigenvalue weighted by atomic mass is 9.92. The van der Waals surface area contributed by atoms with Crippen molar-refractivity contribution < 1.29 is 9.47 Å². The second-order valence-corrected chi connectivity index (χ2v) is 13.0. The lowest BCUT2D eigenvalue weighted by molar-refractivity contribution is 0.171. The highest BCUT2D eigenvalue weighted by Crippen LogP contribution is 2.42. The summed E-state index contributed by atoms with van der Waals surface area (Å²) in [7, 11) is -1.95. The first-order valence-electron chi connectivity index (χ1n) is 10.3. The first-order valence-corrected chi connectivity index (χ1v) is 13.3. The smallest absolute Gasteiger partial charge is 0.169 e. The molecule has 154 valence electrons. The summed E-state index contributed by atoms with van der Waals surface area (Å²) in [5.74, 6) is 1.32. The van der Waals surface area contributed by atoms with Gasteiger partial charge in [-0.25, -0.2) is 0 Å². The standard InChI is InChI=1S/C25H23N3O2Si/c1-15-5-7-18-22(11-15)31(3,4)23-12-16(2)6-8-19(23)24(18)20-13-17(27-28-26)14-21-25(20)30-10-9-29-21/h5-8,11-14H,1,9-10H2,2-4H3. The molecule has 0 unspecified atom stereocenters. The van der Waals surface area contributed by atoms with Crippen LogP contribution in [-0.2, 0) is 0 Å². The molecule has 0 aromatic heterocycles. The fourth-order valence-corrected chi connectivity index (χ4v) is 7.92. The van der Waals surface area contributed by atoms with E-state index in [0.717, 1.165) is 16.4 Å². The van der Waals surface area contributed by atoms with Crippen molar-refractivity contribution >= 4 is 36.3 Å². The number of ether oxygens (including phenoxy) is 2. The molecule has 2 aliphatic heterocycles. The van der Waals surface area contributed by atoms with Gasteiger partial charge in [0.2, 0.25) is 0 Å². The number of hydrogen-bond donors (Lipinski definition) is 0. The third kappa shape index (κ3) is 3.03. The molecule has 0 amide bonds. The molecular weight excluding hydrogens is 402 g/mol. The largest absolute Gasteiger partial charge is 0.486 e. The van der Waals surface area contributed by atoms with Crippen LogP contribution in [0.25, 0.3) is 22.6 Å². The van der Waals surface area contributed by atoms with Gasteiger partial charge in [-0.15, -0.1) is 0 Å². The number of hydrogen-bond acceptors (Lipinski definition) is 3. The molecule has 6 heteroatoms. The van der Waals surface area contributed by atoms with E-state index in [2.05, 4.69) is 73.0 Å². The molecule has 0 fully saturated rings. The van der Waals surface area contributed by atoms with Crippen molar-refractivity contribution in [2.45, 2.75) is 20.0 Å². The van der Waals surface area contributed by atoms with Crippen LogP contribution in [0, 0.1) is 6.92 Å². The van der Waals surface area contributed by atoms with E-state index in [1.54, 1.807) is 6.07 Å². The molecular formula is C25H23N3O2Si. The first-order chi connectivity index (χ1) is 14.9. The molecule has 0 bridgehead atoms. The SMILES string of the molecule is C=c1ccc2c(c1)[Si](C)(C)c1cc(C)ccc1C=2c1cc(N=[N+]=[N-])cc2c1OCCO2. The van der Waals surface area contributed by atoms with Crippen LogP contribution in [0.15, 0.2) is 53.6 Å².